The Hall–Kier alpha value is -0.450. The molecule has 1 saturated heterocycles. The van der Waals surface area contributed by atoms with E-state index in [0.717, 1.165) is 29.8 Å². The zero-order chi connectivity index (χ0) is 9.80. The van der Waals surface area contributed by atoms with Crippen LogP contribution in [0.2, 0.25) is 0 Å². The van der Waals surface area contributed by atoms with Crippen LogP contribution in [0, 0.1) is 0 Å². The molecule has 0 saturated carbocycles. The van der Waals surface area contributed by atoms with E-state index in [1.165, 1.54) is 6.42 Å². The highest BCUT2D eigenvalue weighted by Crippen LogP contribution is 2.07. The molecule has 1 atom stereocenters. The Bertz CT molecular complexity index is 280. The van der Waals surface area contributed by atoms with E-state index in [-0.39, 0.29) is 0 Å². The van der Waals surface area contributed by atoms with Crippen molar-refractivity contribution in [2.24, 2.45) is 0 Å². The van der Waals surface area contributed by atoms with Gasteiger partial charge in [-0.1, -0.05) is 0 Å². The molecule has 4 heteroatoms. The fraction of sp³-hybridized carbons (Fsp3) is 0.500. The molecule has 0 aliphatic carbocycles. The molecule has 1 fully saturated rings. The van der Waals surface area contributed by atoms with Crippen molar-refractivity contribution in [2.45, 2.75) is 19.0 Å². The largest absolute Gasteiger partial charge is 0.315 e. The van der Waals surface area contributed by atoms with Crippen molar-refractivity contribution in [2.75, 3.05) is 13.1 Å². The first-order valence-electron chi connectivity index (χ1n) is 4.89. The van der Waals surface area contributed by atoms with Crippen LogP contribution in [-0.2, 0) is 6.54 Å². The molecule has 3 nitrogen and oxygen atoms in total. The fourth-order valence-corrected chi connectivity index (χ4v) is 1.82. The first-order chi connectivity index (χ1) is 6.84. The van der Waals surface area contributed by atoms with Crippen molar-refractivity contribution in [1.29, 1.82) is 0 Å². The van der Waals surface area contributed by atoms with Gasteiger partial charge in [-0.05, 0) is 41.0 Å². The van der Waals surface area contributed by atoms with Crippen molar-refractivity contribution < 1.29 is 0 Å². The van der Waals surface area contributed by atoms with Crippen LogP contribution in [0.4, 0.5) is 0 Å². The lowest BCUT2D eigenvalue weighted by Gasteiger charge is -2.10. The Kier molecular flexibility index (Phi) is 3.50. The van der Waals surface area contributed by atoms with Gasteiger partial charge in [-0.3, -0.25) is 4.98 Å². The van der Waals surface area contributed by atoms with Crippen LogP contribution in [0.3, 0.4) is 0 Å². The molecule has 0 radical (unpaired) electrons. The Morgan fingerprint density at radius 1 is 1.57 bits per heavy atom. The summed E-state index contributed by atoms with van der Waals surface area (Å²) in [6.07, 6.45) is 3.06. The zero-order valence-electron chi connectivity index (χ0n) is 7.96. The number of halogens is 1. The van der Waals surface area contributed by atoms with Crippen molar-refractivity contribution in [3.63, 3.8) is 0 Å². The standard InChI is InChI=1S/C10H14BrN3/c11-8-1-2-9(13-5-8)7-14-10-3-4-12-6-10/h1-2,5,10,12,14H,3-4,6-7H2. The number of rotatable bonds is 3. The Morgan fingerprint density at radius 3 is 3.14 bits per heavy atom. The zero-order valence-corrected chi connectivity index (χ0v) is 9.55. The lowest BCUT2D eigenvalue weighted by molar-refractivity contribution is 0.542. The second-order valence-corrected chi connectivity index (χ2v) is 4.45. The third-order valence-corrected chi connectivity index (χ3v) is 2.89. The summed E-state index contributed by atoms with van der Waals surface area (Å²) in [5.74, 6) is 0. The monoisotopic (exact) mass is 255 g/mol. The minimum absolute atomic E-state index is 0.612. The number of hydrogen-bond donors (Lipinski definition) is 2. The van der Waals surface area contributed by atoms with Crippen LogP contribution in [0.15, 0.2) is 22.8 Å². The smallest absolute Gasteiger partial charge is 0.0542 e. The summed E-state index contributed by atoms with van der Waals surface area (Å²) in [5.41, 5.74) is 1.10. The molecule has 1 aliphatic heterocycles. The average Bonchev–Trinajstić information content (AvgIpc) is 2.70. The predicted octanol–water partition coefficient (Wildman–Crippen LogP) is 1.30. The number of hydrogen-bond acceptors (Lipinski definition) is 3. The van der Waals surface area contributed by atoms with E-state index in [4.69, 9.17) is 0 Å². The maximum Gasteiger partial charge on any atom is 0.0542 e. The Balaban J connectivity index is 1.82. The van der Waals surface area contributed by atoms with Crippen LogP contribution >= 0.6 is 15.9 Å². The molecule has 1 aromatic rings. The summed E-state index contributed by atoms with van der Waals surface area (Å²) in [6, 6.07) is 4.68. The summed E-state index contributed by atoms with van der Waals surface area (Å²) in [6.45, 7) is 3.07. The van der Waals surface area contributed by atoms with Crippen LogP contribution in [0.5, 0.6) is 0 Å². The topological polar surface area (TPSA) is 37.0 Å². The minimum atomic E-state index is 0.612. The first-order valence-corrected chi connectivity index (χ1v) is 5.68. The molecule has 1 unspecified atom stereocenters. The van der Waals surface area contributed by atoms with E-state index in [1.807, 2.05) is 18.3 Å². The number of pyridine rings is 1. The average molecular weight is 256 g/mol. The van der Waals surface area contributed by atoms with Crippen molar-refractivity contribution in [3.05, 3.63) is 28.5 Å². The van der Waals surface area contributed by atoms with Crippen LogP contribution < -0.4 is 10.6 Å². The van der Waals surface area contributed by atoms with E-state index >= 15 is 0 Å². The fourth-order valence-electron chi connectivity index (χ4n) is 1.59. The Labute approximate surface area is 92.4 Å². The Morgan fingerprint density at radius 2 is 2.50 bits per heavy atom. The maximum atomic E-state index is 4.31. The summed E-state index contributed by atoms with van der Waals surface area (Å²) in [4.78, 5) is 4.31. The number of nitrogens with zero attached hydrogens (tertiary/aromatic N) is 1. The van der Waals surface area contributed by atoms with Gasteiger partial charge in [0, 0.05) is 29.8 Å². The van der Waals surface area contributed by atoms with Gasteiger partial charge in [-0.15, -0.1) is 0 Å². The molecule has 0 amide bonds. The van der Waals surface area contributed by atoms with Gasteiger partial charge in [0.15, 0.2) is 0 Å². The molecule has 2 heterocycles. The SMILES string of the molecule is Brc1ccc(CNC2CCNC2)nc1. The molecule has 1 aromatic heterocycles. The van der Waals surface area contributed by atoms with Gasteiger partial charge in [0.05, 0.1) is 5.69 Å². The molecule has 1 aliphatic rings. The van der Waals surface area contributed by atoms with E-state index in [0.29, 0.717) is 6.04 Å². The molecule has 0 bridgehead atoms. The van der Waals surface area contributed by atoms with Crippen LogP contribution in [0.1, 0.15) is 12.1 Å². The molecular formula is C10H14BrN3. The second-order valence-electron chi connectivity index (χ2n) is 3.54. The van der Waals surface area contributed by atoms with E-state index in [9.17, 15) is 0 Å². The number of aromatic nitrogens is 1. The predicted molar refractivity (Wildman–Crippen MR) is 60.1 cm³/mol. The van der Waals surface area contributed by atoms with Gasteiger partial charge in [0.25, 0.3) is 0 Å². The van der Waals surface area contributed by atoms with Gasteiger partial charge in [-0.2, -0.15) is 0 Å². The quantitative estimate of drug-likeness (QED) is 0.855. The summed E-state index contributed by atoms with van der Waals surface area (Å²) < 4.78 is 1.03. The van der Waals surface area contributed by atoms with Gasteiger partial charge in [0.1, 0.15) is 0 Å². The lowest BCUT2D eigenvalue weighted by Crippen LogP contribution is -2.30. The molecule has 0 spiro atoms. The summed E-state index contributed by atoms with van der Waals surface area (Å²) in [7, 11) is 0. The van der Waals surface area contributed by atoms with E-state index < -0.39 is 0 Å². The summed E-state index contributed by atoms with van der Waals surface area (Å²) >= 11 is 3.37. The molecule has 14 heavy (non-hydrogen) atoms. The summed E-state index contributed by atoms with van der Waals surface area (Å²) in [5, 5.41) is 6.80. The highest BCUT2D eigenvalue weighted by Gasteiger charge is 2.12. The van der Waals surface area contributed by atoms with E-state index in [1.54, 1.807) is 0 Å². The highest BCUT2D eigenvalue weighted by molar-refractivity contribution is 9.10. The van der Waals surface area contributed by atoms with Gasteiger partial charge in [-0.25, -0.2) is 0 Å². The van der Waals surface area contributed by atoms with Gasteiger partial charge < -0.3 is 10.6 Å². The third-order valence-electron chi connectivity index (χ3n) is 2.42. The highest BCUT2D eigenvalue weighted by atomic mass is 79.9. The third kappa shape index (κ3) is 2.77. The van der Waals surface area contributed by atoms with Crippen LogP contribution in [-0.4, -0.2) is 24.1 Å². The number of nitrogens with one attached hydrogen (secondary N) is 2. The molecule has 76 valence electrons. The molecule has 0 aromatic carbocycles. The molecule has 2 N–H and O–H groups in total. The second kappa shape index (κ2) is 4.87. The molecular weight excluding hydrogens is 242 g/mol. The van der Waals surface area contributed by atoms with Crippen molar-refractivity contribution in [1.82, 2.24) is 15.6 Å². The minimum Gasteiger partial charge on any atom is -0.315 e. The normalized spacial score (nSPS) is 21.4. The van der Waals surface area contributed by atoms with Crippen molar-refractivity contribution >= 4 is 15.9 Å². The van der Waals surface area contributed by atoms with Crippen molar-refractivity contribution in [3.8, 4) is 0 Å². The maximum absolute atomic E-state index is 4.31. The first kappa shape index (κ1) is 10.1. The van der Waals surface area contributed by atoms with Gasteiger partial charge in [0.2, 0.25) is 0 Å². The molecule has 2 rings (SSSR count). The van der Waals surface area contributed by atoms with E-state index in [2.05, 4.69) is 31.5 Å². The lowest BCUT2D eigenvalue weighted by atomic mass is 10.2. The van der Waals surface area contributed by atoms with Crippen LogP contribution in [0.25, 0.3) is 0 Å². The van der Waals surface area contributed by atoms with Gasteiger partial charge >= 0.3 is 0 Å².